The molecule has 2 amide bonds. The van der Waals surface area contributed by atoms with Crippen LogP contribution in [0.1, 0.15) is 34.3 Å². The molecule has 0 atom stereocenters. The van der Waals surface area contributed by atoms with E-state index < -0.39 is 0 Å². The van der Waals surface area contributed by atoms with E-state index in [1.165, 1.54) is 5.56 Å². The molecule has 4 nitrogen and oxygen atoms in total. The van der Waals surface area contributed by atoms with Crippen LogP contribution in [0.25, 0.3) is 0 Å². The number of piperidine rings is 1. The van der Waals surface area contributed by atoms with Crippen LogP contribution in [-0.4, -0.2) is 29.8 Å². The van der Waals surface area contributed by atoms with Gasteiger partial charge in [0.05, 0.1) is 0 Å². The number of likely N-dealkylation sites (tertiary alicyclic amines) is 1. The largest absolute Gasteiger partial charge is 0.339 e. The van der Waals surface area contributed by atoms with Crippen molar-refractivity contribution in [1.82, 2.24) is 4.90 Å². The number of benzene rings is 2. The number of amides is 2. The minimum Gasteiger partial charge on any atom is -0.339 e. The quantitative estimate of drug-likeness (QED) is 0.927. The first kappa shape index (κ1) is 17.2. The van der Waals surface area contributed by atoms with Crippen LogP contribution in [0.3, 0.4) is 0 Å². The third-order valence-corrected chi connectivity index (χ3v) is 4.85. The predicted octanol–water partition coefficient (Wildman–Crippen LogP) is 3.79. The molecule has 0 radical (unpaired) electrons. The summed E-state index contributed by atoms with van der Waals surface area (Å²) >= 11 is 0. The topological polar surface area (TPSA) is 49.4 Å². The van der Waals surface area contributed by atoms with Crippen molar-refractivity contribution >= 4 is 17.5 Å². The van der Waals surface area contributed by atoms with E-state index in [1.54, 1.807) is 0 Å². The second-order valence-corrected chi connectivity index (χ2v) is 6.74. The van der Waals surface area contributed by atoms with Crippen LogP contribution in [0.2, 0.25) is 0 Å². The molecule has 1 N–H and O–H groups in total. The molecule has 2 aromatic rings. The first-order valence-electron chi connectivity index (χ1n) is 8.77. The van der Waals surface area contributed by atoms with E-state index in [2.05, 4.69) is 5.32 Å². The Morgan fingerprint density at radius 3 is 2.24 bits per heavy atom. The van der Waals surface area contributed by atoms with Crippen molar-refractivity contribution in [3.8, 4) is 0 Å². The van der Waals surface area contributed by atoms with Gasteiger partial charge in [0.2, 0.25) is 5.91 Å². The molecule has 0 spiro atoms. The lowest BCUT2D eigenvalue weighted by Crippen LogP contribution is -2.41. The van der Waals surface area contributed by atoms with Gasteiger partial charge in [-0.05, 0) is 50.5 Å². The first-order chi connectivity index (χ1) is 12.0. The van der Waals surface area contributed by atoms with Crippen molar-refractivity contribution in [2.24, 2.45) is 5.92 Å². The molecule has 0 aliphatic carbocycles. The standard InChI is InChI=1S/C21H24N2O2/c1-15-7-9-18(10-8-15)22-20(24)17-11-13-23(14-12-17)21(25)19-6-4-3-5-16(19)2/h3-10,17H,11-14H2,1-2H3,(H,22,24). The van der Waals surface area contributed by atoms with Crippen molar-refractivity contribution in [3.63, 3.8) is 0 Å². The van der Waals surface area contributed by atoms with Crippen LogP contribution < -0.4 is 5.32 Å². The summed E-state index contributed by atoms with van der Waals surface area (Å²) in [5.74, 6) is 0.0737. The van der Waals surface area contributed by atoms with Gasteiger partial charge in [-0.2, -0.15) is 0 Å². The fourth-order valence-corrected chi connectivity index (χ4v) is 3.21. The summed E-state index contributed by atoms with van der Waals surface area (Å²) < 4.78 is 0. The molecule has 1 heterocycles. The van der Waals surface area contributed by atoms with Crippen molar-refractivity contribution < 1.29 is 9.59 Å². The van der Waals surface area contributed by atoms with Crippen molar-refractivity contribution in [1.29, 1.82) is 0 Å². The second-order valence-electron chi connectivity index (χ2n) is 6.74. The van der Waals surface area contributed by atoms with Gasteiger partial charge < -0.3 is 10.2 Å². The van der Waals surface area contributed by atoms with E-state index >= 15 is 0 Å². The van der Waals surface area contributed by atoms with Gasteiger partial charge in [0.25, 0.3) is 5.91 Å². The van der Waals surface area contributed by atoms with Crippen molar-refractivity contribution in [2.45, 2.75) is 26.7 Å². The molecule has 1 aliphatic heterocycles. The van der Waals surface area contributed by atoms with Gasteiger partial charge in [-0.1, -0.05) is 35.9 Å². The Morgan fingerprint density at radius 2 is 1.60 bits per heavy atom. The van der Waals surface area contributed by atoms with E-state index in [-0.39, 0.29) is 17.7 Å². The van der Waals surface area contributed by atoms with Crippen molar-refractivity contribution in [2.75, 3.05) is 18.4 Å². The minimum absolute atomic E-state index is 0.0396. The Morgan fingerprint density at radius 1 is 0.960 bits per heavy atom. The van der Waals surface area contributed by atoms with Crippen LogP contribution in [-0.2, 0) is 4.79 Å². The zero-order chi connectivity index (χ0) is 17.8. The third kappa shape index (κ3) is 4.08. The Bertz CT molecular complexity index is 760. The van der Waals surface area contributed by atoms with Crippen LogP contribution in [0.4, 0.5) is 5.69 Å². The SMILES string of the molecule is Cc1ccc(NC(=O)C2CCN(C(=O)c3ccccc3C)CC2)cc1. The summed E-state index contributed by atoms with van der Waals surface area (Å²) in [5.41, 5.74) is 3.74. The molecule has 3 rings (SSSR count). The van der Waals surface area contributed by atoms with Gasteiger partial charge >= 0.3 is 0 Å². The smallest absolute Gasteiger partial charge is 0.254 e. The number of carbonyl (C=O) groups excluding carboxylic acids is 2. The highest BCUT2D eigenvalue weighted by molar-refractivity contribution is 5.96. The number of anilines is 1. The van der Waals surface area contributed by atoms with E-state index in [0.717, 1.165) is 16.8 Å². The monoisotopic (exact) mass is 336 g/mol. The third-order valence-electron chi connectivity index (χ3n) is 4.85. The number of aryl methyl sites for hydroxylation is 2. The Balaban J connectivity index is 1.56. The maximum Gasteiger partial charge on any atom is 0.254 e. The highest BCUT2D eigenvalue weighted by atomic mass is 16.2. The first-order valence-corrected chi connectivity index (χ1v) is 8.77. The fourth-order valence-electron chi connectivity index (χ4n) is 3.21. The minimum atomic E-state index is -0.0396. The number of carbonyl (C=O) groups is 2. The molecule has 2 aromatic carbocycles. The maximum absolute atomic E-state index is 12.6. The lowest BCUT2D eigenvalue weighted by Gasteiger charge is -2.31. The highest BCUT2D eigenvalue weighted by Crippen LogP contribution is 2.22. The van der Waals surface area contributed by atoms with Gasteiger partial charge in [-0.25, -0.2) is 0 Å². The lowest BCUT2D eigenvalue weighted by atomic mass is 9.95. The zero-order valence-corrected chi connectivity index (χ0v) is 14.8. The molecule has 0 unspecified atom stereocenters. The highest BCUT2D eigenvalue weighted by Gasteiger charge is 2.28. The van der Waals surface area contributed by atoms with Crippen LogP contribution in [0, 0.1) is 19.8 Å². The average molecular weight is 336 g/mol. The Hall–Kier alpha value is -2.62. The summed E-state index contributed by atoms with van der Waals surface area (Å²) in [7, 11) is 0. The molecular formula is C21H24N2O2. The van der Waals surface area contributed by atoms with Crippen molar-refractivity contribution in [3.05, 3.63) is 65.2 Å². The normalized spacial score (nSPS) is 15.0. The molecule has 1 fully saturated rings. The maximum atomic E-state index is 12.6. The number of hydrogen-bond acceptors (Lipinski definition) is 2. The summed E-state index contributed by atoms with van der Waals surface area (Å²) in [6.07, 6.45) is 1.41. The molecule has 0 saturated carbocycles. The van der Waals surface area contributed by atoms with Crippen LogP contribution in [0.5, 0.6) is 0 Å². The number of rotatable bonds is 3. The summed E-state index contributed by atoms with van der Waals surface area (Å²) in [6, 6.07) is 15.5. The molecule has 1 aliphatic rings. The molecular weight excluding hydrogens is 312 g/mol. The molecule has 25 heavy (non-hydrogen) atoms. The van der Waals surface area contributed by atoms with E-state index in [0.29, 0.717) is 25.9 Å². The predicted molar refractivity (Wildman–Crippen MR) is 99.6 cm³/mol. The van der Waals surface area contributed by atoms with Gasteiger partial charge in [-0.15, -0.1) is 0 Å². The molecule has 0 aromatic heterocycles. The Labute approximate surface area is 148 Å². The summed E-state index contributed by atoms with van der Waals surface area (Å²) in [4.78, 5) is 26.9. The van der Waals surface area contributed by atoms with E-state index in [9.17, 15) is 9.59 Å². The van der Waals surface area contributed by atoms with Gasteiger partial charge in [0.15, 0.2) is 0 Å². The fraction of sp³-hybridized carbons (Fsp3) is 0.333. The lowest BCUT2D eigenvalue weighted by molar-refractivity contribution is -0.121. The summed E-state index contributed by atoms with van der Waals surface area (Å²) in [6.45, 7) is 5.22. The second kappa shape index (κ2) is 7.51. The summed E-state index contributed by atoms with van der Waals surface area (Å²) in [5, 5.41) is 2.98. The van der Waals surface area contributed by atoms with Gasteiger partial charge in [0.1, 0.15) is 0 Å². The average Bonchev–Trinajstić information content (AvgIpc) is 2.63. The van der Waals surface area contributed by atoms with Crippen LogP contribution >= 0.6 is 0 Å². The van der Waals surface area contributed by atoms with Gasteiger partial charge in [-0.3, -0.25) is 9.59 Å². The molecule has 4 heteroatoms. The molecule has 0 bridgehead atoms. The van der Waals surface area contributed by atoms with E-state index in [4.69, 9.17) is 0 Å². The van der Waals surface area contributed by atoms with E-state index in [1.807, 2.05) is 67.3 Å². The van der Waals surface area contributed by atoms with Crippen LogP contribution in [0.15, 0.2) is 48.5 Å². The Kier molecular flexibility index (Phi) is 5.17. The zero-order valence-electron chi connectivity index (χ0n) is 14.8. The molecule has 1 saturated heterocycles. The van der Waals surface area contributed by atoms with Gasteiger partial charge in [0, 0.05) is 30.3 Å². The number of hydrogen-bond donors (Lipinski definition) is 1. The number of nitrogens with one attached hydrogen (secondary N) is 1. The molecule has 130 valence electrons. The number of nitrogens with zero attached hydrogens (tertiary/aromatic N) is 1.